The van der Waals surface area contributed by atoms with Crippen LogP contribution in [0.25, 0.3) is 11.3 Å². The Labute approximate surface area is 261 Å². The van der Waals surface area contributed by atoms with Gasteiger partial charge in [-0.1, -0.05) is 30.3 Å². The van der Waals surface area contributed by atoms with E-state index in [2.05, 4.69) is 5.32 Å². The molecule has 1 N–H and O–H groups in total. The summed E-state index contributed by atoms with van der Waals surface area (Å²) in [5.74, 6) is -0.395. The summed E-state index contributed by atoms with van der Waals surface area (Å²) in [6.07, 6.45) is 0.890. The molecule has 2 fully saturated rings. The van der Waals surface area contributed by atoms with Gasteiger partial charge >= 0.3 is 12.3 Å². The van der Waals surface area contributed by atoms with E-state index in [1.54, 1.807) is 11.1 Å². The van der Waals surface area contributed by atoms with Gasteiger partial charge in [0.15, 0.2) is 0 Å². The van der Waals surface area contributed by atoms with Crippen LogP contribution in [0.2, 0.25) is 0 Å². The summed E-state index contributed by atoms with van der Waals surface area (Å²) < 4.78 is 61.8. The lowest BCUT2D eigenvalue weighted by Crippen LogP contribution is -2.46. The van der Waals surface area contributed by atoms with Crippen molar-refractivity contribution in [3.8, 4) is 11.3 Å². The second-order valence-electron chi connectivity index (χ2n) is 10.2. The second kappa shape index (κ2) is 15.8. The zero-order valence-corrected chi connectivity index (χ0v) is 25.3. The predicted octanol–water partition coefficient (Wildman–Crippen LogP) is 7.63. The first-order valence-corrected chi connectivity index (χ1v) is 13.4. The number of imidazole rings is 1. The average molecular weight is 654 g/mol. The maximum atomic E-state index is 14.0. The number of hydrogen-bond donors (Lipinski definition) is 1. The molecule has 6 nitrogen and oxygen atoms in total. The maximum absolute atomic E-state index is 14.0. The number of likely N-dealkylation sites (tertiary alicyclic amines) is 1. The number of hydrogen-bond acceptors (Lipinski definition) is 4. The molecule has 0 aliphatic carbocycles. The lowest BCUT2D eigenvalue weighted by molar-refractivity contribution is -0.139. The smallest absolute Gasteiger partial charge is 0.419 e. The van der Waals surface area contributed by atoms with Crippen molar-refractivity contribution < 1.29 is 27.1 Å². The van der Waals surface area contributed by atoms with Gasteiger partial charge in [0.2, 0.25) is 0 Å². The van der Waals surface area contributed by atoms with Crippen LogP contribution in [0.3, 0.4) is 0 Å². The number of amides is 1. The molecule has 2 aliphatic heterocycles. The van der Waals surface area contributed by atoms with Gasteiger partial charge in [-0.2, -0.15) is 13.2 Å². The number of piperidine rings is 2. The van der Waals surface area contributed by atoms with Crippen LogP contribution in [-0.2, 0) is 24.1 Å². The fourth-order valence-electron chi connectivity index (χ4n) is 5.48. The number of aromatic nitrogens is 2. The van der Waals surface area contributed by atoms with E-state index >= 15 is 0 Å². The van der Waals surface area contributed by atoms with E-state index in [-0.39, 0.29) is 67.4 Å². The number of carbonyl (C=O) groups is 1. The van der Waals surface area contributed by atoms with Crippen molar-refractivity contribution >= 4 is 43.3 Å². The Morgan fingerprint density at radius 2 is 1.71 bits per heavy atom. The van der Waals surface area contributed by atoms with E-state index in [4.69, 9.17) is 9.72 Å². The second-order valence-corrected chi connectivity index (χ2v) is 10.2. The van der Waals surface area contributed by atoms with Gasteiger partial charge in [0.1, 0.15) is 18.2 Å². The maximum Gasteiger partial charge on any atom is 0.419 e. The molecule has 3 heterocycles. The average Bonchev–Trinajstić information content (AvgIpc) is 3.36. The van der Waals surface area contributed by atoms with Crippen LogP contribution in [-0.4, -0.2) is 46.2 Å². The standard InChI is InChI=1S/C29H32F4N4O2.3ClH/c30-25-10-9-22(16-24(25)29(31,32)33)26-18-36(27(35-26)21-11-13-34-14-12-21)17-23-8-4-5-15-37(23)28(38)39-19-20-6-2-1-3-7-20;;;/h1-3,6-7,9-10,16,18,21,23,34H,4-5,8,11-15,17,19H2;3*1H/t23-;;;/m0.../s1. The van der Waals surface area contributed by atoms with E-state index in [0.717, 1.165) is 68.7 Å². The highest BCUT2D eigenvalue weighted by Gasteiger charge is 2.35. The third-order valence-corrected chi connectivity index (χ3v) is 7.55. The summed E-state index contributed by atoms with van der Waals surface area (Å²) in [5.41, 5.74) is 0.172. The van der Waals surface area contributed by atoms with E-state index in [0.29, 0.717) is 18.8 Å². The Bertz CT molecular complexity index is 1290. The molecule has 0 radical (unpaired) electrons. The number of ether oxygens (including phenoxy) is 1. The summed E-state index contributed by atoms with van der Waals surface area (Å²) in [6, 6.07) is 12.4. The van der Waals surface area contributed by atoms with Crippen LogP contribution in [0.15, 0.2) is 54.7 Å². The Hall–Kier alpha value is -2.53. The van der Waals surface area contributed by atoms with Crippen LogP contribution in [0, 0.1) is 5.82 Å². The summed E-state index contributed by atoms with van der Waals surface area (Å²) in [5, 5.41) is 3.33. The largest absolute Gasteiger partial charge is 0.445 e. The minimum Gasteiger partial charge on any atom is -0.445 e. The van der Waals surface area contributed by atoms with Crippen molar-refractivity contribution in [1.29, 1.82) is 0 Å². The van der Waals surface area contributed by atoms with Gasteiger partial charge in [-0.15, -0.1) is 37.2 Å². The lowest BCUT2D eigenvalue weighted by Gasteiger charge is -2.35. The van der Waals surface area contributed by atoms with Gasteiger partial charge in [-0.3, -0.25) is 0 Å². The van der Waals surface area contributed by atoms with Crippen molar-refractivity contribution in [2.75, 3.05) is 19.6 Å². The minimum absolute atomic E-state index is 0. The highest BCUT2D eigenvalue weighted by Crippen LogP contribution is 2.35. The zero-order valence-electron chi connectivity index (χ0n) is 22.8. The van der Waals surface area contributed by atoms with Gasteiger partial charge in [-0.25, -0.2) is 14.2 Å². The zero-order chi connectivity index (χ0) is 27.4. The van der Waals surface area contributed by atoms with E-state index in [1.807, 2.05) is 34.9 Å². The summed E-state index contributed by atoms with van der Waals surface area (Å²) >= 11 is 0. The van der Waals surface area contributed by atoms with Crippen LogP contribution in [0.1, 0.15) is 55.0 Å². The Morgan fingerprint density at radius 1 is 1.00 bits per heavy atom. The van der Waals surface area contributed by atoms with Crippen molar-refractivity contribution in [2.45, 2.75) is 63.4 Å². The fraction of sp³-hybridized carbons (Fsp3) is 0.448. The highest BCUT2D eigenvalue weighted by atomic mass is 35.5. The predicted molar refractivity (Wildman–Crippen MR) is 160 cm³/mol. The van der Waals surface area contributed by atoms with Gasteiger partial charge in [0, 0.05) is 30.8 Å². The van der Waals surface area contributed by atoms with Crippen molar-refractivity contribution in [2.24, 2.45) is 0 Å². The SMILES string of the molecule is Cl.Cl.Cl.O=C(OCc1ccccc1)N1CCCC[C@H]1Cn1cc(-c2ccc(F)c(C(F)(F)F)c2)nc1C1CCNCC1. The third kappa shape index (κ3) is 8.52. The Morgan fingerprint density at radius 3 is 2.40 bits per heavy atom. The number of halogens is 7. The van der Waals surface area contributed by atoms with Crippen molar-refractivity contribution in [3.63, 3.8) is 0 Å². The molecule has 232 valence electrons. The van der Waals surface area contributed by atoms with Gasteiger partial charge in [-0.05, 0) is 69.0 Å². The first kappa shape index (κ1) is 35.7. The number of benzene rings is 2. The van der Waals surface area contributed by atoms with E-state index in [1.165, 1.54) is 6.07 Å². The molecule has 0 saturated carbocycles. The molecule has 0 unspecified atom stereocenters. The molecule has 0 spiro atoms. The third-order valence-electron chi connectivity index (χ3n) is 7.55. The fourth-order valence-corrected chi connectivity index (χ4v) is 5.48. The molecule has 2 saturated heterocycles. The molecule has 2 aromatic carbocycles. The van der Waals surface area contributed by atoms with Crippen LogP contribution >= 0.6 is 37.2 Å². The number of nitrogens with one attached hydrogen (secondary N) is 1. The molecule has 42 heavy (non-hydrogen) atoms. The molecule has 1 atom stereocenters. The number of nitrogens with zero attached hydrogens (tertiary/aromatic N) is 3. The summed E-state index contributed by atoms with van der Waals surface area (Å²) in [6.45, 7) is 2.87. The summed E-state index contributed by atoms with van der Waals surface area (Å²) in [4.78, 5) is 19.6. The van der Waals surface area contributed by atoms with Crippen LogP contribution < -0.4 is 5.32 Å². The van der Waals surface area contributed by atoms with Gasteiger partial charge in [0.25, 0.3) is 0 Å². The normalized spacial score (nSPS) is 17.4. The number of rotatable bonds is 6. The first-order chi connectivity index (χ1) is 18.8. The molecule has 1 aromatic heterocycles. The lowest BCUT2D eigenvalue weighted by atomic mass is 9.96. The van der Waals surface area contributed by atoms with Gasteiger partial charge < -0.3 is 19.5 Å². The minimum atomic E-state index is -4.80. The molecular weight excluding hydrogens is 619 g/mol. The van der Waals surface area contributed by atoms with Crippen molar-refractivity contribution in [3.05, 3.63) is 77.5 Å². The molecule has 13 heteroatoms. The molecule has 2 aliphatic rings. The molecule has 1 amide bonds. The van der Waals surface area contributed by atoms with E-state index < -0.39 is 17.6 Å². The van der Waals surface area contributed by atoms with Crippen molar-refractivity contribution in [1.82, 2.24) is 19.8 Å². The molecule has 3 aromatic rings. The van der Waals surface area contributed by atoms with Crippen LogP contribution in [0.5, 0.6) is 0 Å². The van der Waals surface area contributed by atoms with Crippen LogP contribution in [0.4, 0.5) is 22.4 Å². The molecular formula is C29H35Cl3F4N4O2. The van der Waals surface area contributed by atoms with Gasteiger partial charge in [0.05, 0.1) is 17.3 Å². The topological polar surface area (TPSA) is 59.4 Å². The number of carbonyl (C=O) groups excluding carboxylic acids is 1. The Kier molecular flexibility index (Phi) is 13.4. The quantitative estimate of drug-likeness (QED) is 0.278. The van der Waals surface area contributed by atoms with E-state index in [9.17, 15) is 22.4 Å². The number of alkyl halides is 3. The molecule has 0 bridgehead atoms. The summed E-state index contributed by atoms with van der Waals surface area (Å²) in [7, 11) is 0. The first-order valence-electron chi connectivity index (χ1n) is 13.4. The highest BCUT2D eigenvalue weighted by molar-refractivity contribution is 5.86. The monoisotopic (exact) mass is 652 g/mol. The Balaban J connectivity index is 0.00000205. The molecule has 5 rings (SSSR count).